The van der Waals surface area contributed by atoms with Crippen LogP contribution in [0.5, 0.6) is 0 Å². The number of benzene rings is 1. The van der Waals surface area contributed by atoms with Crippen molar-refractivity contribution in [2.45, 2.75) is 56.5 Å². The van der Waals surface area contributed by atoms with Crippen molar-refractivity contribution >= 4 is 17.5 Å². The minimum absolute atomic E-state index is 0.0953. The van der Waals surface area contributed by atoms with Crippen LogP contribution in [0, 0.1) is 5.41 Å². The number of carbonyl (C=O) groups excluding carboxylic acids is 1. The zero-order chi connectivity index (χ0) is 17.7. The minimum atomic E-state index is 0.0953. The van der Waals surface area contributed by atoms with E-state index in [1.807, 2.05) is 30.3 Å². The summed E-state index contributed by atoms with van der Waals surface area (Å²) in [5.41, 5.74) is 3.30. The molecule has 1 saturated carbocycles. The van der Waals surface area contributed by atoms with Crippen molar-refractivity contribution in [2.24, 2.45) is 5.41 Å². The highest BCUT2D eigenvalue weighted by molar-refractivity contribution is 7.99. The number of thioether (sulfide) groups is 1. The van der Waals surface area contributed by atoms with Crippen molar-refractivity contribution in [3.63, 3.8) is 0 Å². The largest absolute Gasteiger partial charge is 0.294 e. The van der Waals surface area contributed by atoms with Crippen molar-refractivity contribution in [3.8, 4) is 0 Å². The fourth-order valence-corrected chi connectivity index (χ4v) is 5.15. The van der Waals surface area contributed by atoms with Gasteiger partial charge in [0.2, 0.25) is 5.16 Å². The maximum atomic E-state index is 12.2. The monoisotopic (exact) mass is 353 g/mol. The third-order valence-electron chi connectivity index (χ3n) is 6.43. The van der Waals surface area contributed by atoms with Crippen molar-refractivity contribution < 1.29 is 4.79 Å². The van der Waals surface area contributed by atoms with Gasteiger partial charge in [-0.2, -0.15) is 5.10 Å². The molecule has 130 valence electrons. The number of fused-ring (bicyclic) bond motifs is 5. The number of hydrogen-bond acceptors (Lipinski definition) is 5. The SMILES string of the molecule is CC1(C)[C@@H]2CC[C@]1(C)c1nc(SCCC(=O)c3ccccc3)nnc12. The predicted molar refractivity (Wildman–Crippen MR) is 99.0 cm³/mol. The first kappa shape index (κ1) is 16.7. The van der Waals surface area contributed by atoms with Gasteiger partial charge in [0.05, 0.1) is 11.4 Å². The summed E-state index contributed by atoms with van der Waals surface area (Å²) in [6.45, 7) is 6.99. The molecule has 0 N–H and O–H groups in total. The molecule has 1 heterocycles. The molecule has 0 unspecified atom stereocenters. The fraction of sp³-hybridized carbons (Fsp3) is 0.500. The molecule has 1 aromatic carbocycles. The second-order valence-corrected chi connectivity index (χ2v) is 8.92. The molecule has 5 heteroatoms. The van der Waals surface area contributed by atoms with E-state index in [4.69, 9.17) is 4.98 Å². The highest BCUT2D eigenvalue weighted by atomic mass is 32.2. The molecule has 0 radical (unpaired) electrons. The van der Waals surface area contributed by atoms with Crippen LogP contribution in [0.3, 0.4) is 0 Å². The summed E-state index contributed by atoms with van der Waals surface area (Å²) < 4.78 is 0. The zero-order valence-corrected chi connectivity index (χ0v) is 15.8. The van der Waals surface area contributed by atoms with Crippen molar-refractivity contribution in [1.82, 2.24) is 15.2 Å². The number of hydrogen-bond donors (Lipinski definition) is 0. The molecule has 4 rings (SSSR count). The second-order valence-electron chi connectivity index (χ2n) is 7.86. The van der Waals surface area contributed by atoms with E-state index in [-0.39, 0.29) is 16.6 Å². The topological polar surface area (TPSA) is 55.7 Å². The van der Waals surface area contributed by atoms with E-state index in [9.17, 15) is 4.79 Å². The first-order valence-electron chi connectivity index (χ1n) is 8.89. The molecule has 1 fully saturated rings. The molecule has 2 aliphatic carbocycles. The second kappa shape index (κ2) is 5.90. The van der Waals surface area contributed by atoms with Crippen molar-refractivity contribution in [1.29, 1.82) is 0 Å². The lowest BCUT2D eigenvalue weighted by atomic mass is 9.70. The van der Waals surface area contributed by atoms with Gasteiger partial charge in [-0.3, -0.25) is 4.79 Å². The maximum absolute atomic E-state index is 12.2. The number of ketones is 1. The van der Waals surface area contributed by atoms with E-state index in [1.54, 1.807) is 0 Å². The Balaban J connectivity index is 1.45. The van der Waals surface area contributed by atoms with Gasteiger partial charge in [-0.1, -0.05) is 62.9 Å². The summed E-state index contributed by atoms with van der Waals surface area (Å²) in [7, 11) is 0. The van der Waals surface area contributed by atoms with E-state index in [2.05, 4.69) is 31.0 Å². The molecule has 4 nitrogen and oxygen atoms in total. The van der Waals surface area contributed by atoms with Gasteiger partial charge >= 0.3 is 0 Å². The van der Waals surface area contributed by atoms with E-state index >= 15 is 0 Å². The van der Waals surface area contributed by atoms with Gasteiger partial charge in [0.1, 0.15) is 0 Å². The van der Waals surface area contributed by atoms with E-state index in [0.717, 1.165) is 17.0 Å². The summed E-state index contributed by atoms with van der Waals surface area (Å²) >= 11 is 1.53. The Kier molecular flexibility index (Phi) is 3.95. The number of nitrogens with zero attached hydrogens (tertiary/aromatic N) is 3. The van der Waals surface area contributed by atoms with Crippen LogP contribution in [0.25, 0.3) is 0 Å². The molecule has 0 amide bonds. The molecular weight excluding hydrogens is 330 g/mol. The highest BCUT2D eigenvalue weighted by Crippen LogP contribution is 2.66. The molecule has 0 aliphatic heterocycles. The van der Waals surface area contributed by atoms with Gasteiger partial charge in [0.25, 0.3) is 0 Å². The Morgan fingerprint density at radius 2 is 1.96 bits per heavy atom. The molecule has 2 atom stereocenters. The lowest BCUT2D eigenvalue weighted by Crippen LogP contribution is -2.32. The smallest absolute Gasteiger partial charge is 0.209 e. The normalized spacial score (nSPS) is 25.8. The molecular formula is C20H23N3OS. The third-order valence-corrected chi connectivity index (χ3v) is 7.27. The van der Waals surface area contributed by atoms with Crippen LogP contribution in [0.1, 0.15) is 67.7 Å². The van der Waals surface area contributed by atoms with Crippen molar-refractivity contribution in [3.05, 3.63) is 47.3 Å². The first-order chi connectivity index (χ1) is 11.9. The zero-order valence-electron chi connectivity index (χ0n) is 15.0. The molecule has 2 aromatic rings. The van der Waals surface area contributed by atoms with Crippen LogP contribution in [0.15, 0.2) is 35.5 Å². The summed E-state index contributed by atoms with van der Waals surface area (Å²) in [5, 5.41) is 9.54. The number of Topliss-reactive ketones (excluding diaryl/α,β-unsaturated/α-hetero) is 1. The Bertz CT molecular complexity index is 821. The highest BCUT2D eigenvalue weighted by Gasteiger charge is 2.61. The summed E-state index contributed by atoms with van der Waals surface area (Å²) in [4.78, 5) is 17.0. The Labute approximate surface area is 152 Å². The summed E-state index contributed by atoms with van der Waals surface area (Å²) in [6, 6.07) is 9.43. The van der Waals surface area contributed by atoms with E-state index in [1.165, 1.54) is 24.6 Å². The number of carbonyl (C=O) groups is 1. The Morgan fingerprint density at radius 1 is 1.20 bits per heavy atom. The van der Waals surface area contributed by atoms with Crippen LogP contribution in [-0.4, -0.2) is 26.7 Å². The predicted octanol–water partition coefficient (Wildman–Crippen LogP) is 4.41. The molecule has 1 aromatic heterocycles. The Morgan fingerprint density at radius 3 is 2.72 bits per heavy atom. The van der Waals surface area contributed by atoms with Gasteiger partial charge in [-0.15, -0.1) is 5.10 Å². The van der Waals surface area contributed by atoms with Gasteiger partial charge < -0.3 is 0 Å². The van der Waals surface area contributed by atoms with Crippen LogP contribution in [0.4, 0.5) is 0 Å². The summed E-state index contributed by atoms with van der Waals surface area (Å²) in [6.07, 6.45) is 2.85. The van der Waals surface area contributed by atoms with Gasteiger partial charge in [0, 0.05) is 29.1 Å². The number of aromatic nitrogens is 3. The molecule has 0 spiro atoms. The number of rotatable bonds is 5. The van der Waals surface area contributed by atoms with Crippen LogP contribution < -0.4 is 0 Å². The van der Waals surface area contributed by atoms with Crippen LogP contribution in [0.2, 0.25) is 0 Å². The average Bonchev–Trinajstić information content (AvgIpc) is 2.95. The van der Waals surface area contributed by atoms with E-state index in [0.29, 0.717) is 23.2 Å². The van der Waals surface area contributed by atoms with Gasteiger partial charge in [-0.25, -0.2) is 4.98 Å². The molecule has 2 bridgehead atoms. The average molecular weight is 353 g/mol. The summed E-state index contributed by atoms with van der Waals surface area (Å²) in [5.74, 6) is 1.32. The fourth-order valence-electron chi connectivity index (χ4n) is 4.43. The van der Waals surface area contributed by atoms with Crippen LogP contribution >= 0.6 is 11.8 Å². The van der Waals surface area contributed by atoms with Crippen LogP contribution in [-0.2, 0) is 5.41 Å². The van der Waals surface area contributed by atoms with Gasteiger partial charge in [-0.05, 0) is 18.3 Å². The first-order valence-corrected chi connectivity index (χ1v) is 9.88. The molecule has 25 heavy (non-hydrogen) atoms. The quantitative estimate of drug-likeness (QED) is 0.588. The molecule has 0 saturated heterocycles. The standard InChI is InChI=1S/C20H23N3OS/c1-19(2)14-9-11-20(19,3)17-16(14)22-23-18(21-17)25-12-10-15(24)13-7-5-4-6-8-13/h4-8,14H,9-12H2,1-3H3/t14-,20-/m1/s1. The van der Waals surface area contributed by atoms with E-state index < -0.39 is 0 Å². The van der Waals surface area contributed by atoms with Crippen molar-refractivity contribution in [2.75, 3.05) is 5.75 Å². The minimum Gasteiger partial charge on any atom is -0.294 e. The lowest BCUT2D eigenvalue weighted by Gasteiger charge is -2.33. The maximum Gasteiger partial charge on any atom is 0.209 e. The molecule has 2 aliphatic rings. The van der Waals surface area contributed by atoms with Gasteiger partial charge in [0.15, 0.2) is 5.78 Å². The Hall–Kier alpha value is -1.75. The lowest BCUT2D eigenvalue weighted by molar-refractivity contribution is 0.0989. The third kappa shape index (κ3) is 2.51.